The zero-order valence-corrected chi connectivity index (χ0v) is 15.8. The molecule has 2 aromatic carbocycles. The molecule has 0 spiro atoms. The number of benzene rings is 2. The van der Waals surface area contributed by atoms with E-state index < -0.39 is 17.6 Å². The van der Waals surface area contributed by atoms with E-state index in [-0.39, 0.29) is 6.61 Å². The van der Waals surface area contributed by atoms with E-state index in [2.05, 4.69) is 0 Å². The highest BCUT2D eigenvalue weighted by molar-refractivity contribution is 7.98. The molecule has 0 atom stereocenters. The Labute approximate surface area is 158 Å². The first-order valence-electron chi connectivity index (χ1n) is 7.94. The van der Waals surface area contributed by atoms with E-state index in [4.69, 9.17) is 4.74 Å². The zero-order chi connectivity index (χ0) is 18.7. The molecule has 0 unspecified atom stereocenters. The largest absolute Gasteiger partial charge is 0.462 e. The summed E-state index contributed by atoms with van der Waals surface area (Å²) in [4.78, 5) is 14.4. The summed E-state index contributed by atoms with van der Waals surface area (Å²) < 4.78 is 32.1. The molecule has 0 aliphatic rings. The molecule has 0 bridgehead atoms. The zero-order valence-electron chi connectivity index (χ0n) is 14.2. The van der Waals surface area contributed by atoms with Gasteiger partial charge in [0.1, 0.15) is 4.88 Å². The third-order valence-corrected chi connectivity index (χ3v) is 5.70. The standard InChI is InChI=1S/C20H16F2O2S2/c1-3-24-20(23)18-11-15(12-4-7-14(25-2)8-5-12)19(26-18)13-6-9-16(21)17(22)10-13/h4-11H,3H2,1-2H3. The summed E-state index contributed by atoms with van der Waals surface area (Å²) in [6.45, 7) is 2.01. The molecular weight excluding hydrogens is 374 g/mol. The maximum absolute atomic E-state index is 13.7. The number of hydrogen-bond donors (Lipinski definition) is 0. The van der Waals surface area contributed by atoms with Crippen LogP contribution in [-0.2, 0) is 4.74 Å². The van der Waals surface area contributed by atoms with Crippen molar-refractivity contribution in [3.05, 3.63) is 65.0 Å². The topological polar surface area (TPSA) is 26.3 Å². The second-order valence-corrected chi connectivity index (χ2v) is 7.36. The van der Waals surface area contributed by atoms with Crippen LogP contribution in [0, 0.1) is 11.6 Å². The molecule has 0 radical (unpaired) electrons. The second-order valence-electron chi connectivity index (χ2n) is 5.43. The van der Waals surface area contributed by atoms with Gasteiger partial charge in [0.25, 0.3) is 0 Å². The molecule has 2 nitrogen and oxygen atoms in total. The Hall–Kier alpha value is -2.18. The Morgan fingerprint density at radius 1 is 1.04 bits per heavy atom. The van der Waals surface area contributed by atoms with Gasteiger partial charge in [-0.25, -0.2) is 13.6 Å². The molecule has 134 valence electrons. The molecule has 0 aliphatic heterocycles. The maximum Gasteiger partial charge on any atom is 0.348 e. The lowest BCUT2D eigenvalue weighted by molar-refractivity contribution is 0.0532. The van der Waals surface area contributed by atoms with Crippen molar-refractivity contribution in [3.8, 4) is 21.6 Å². The van der Waals surface area contributed by atoms with Gasteiger partial charge in [0.15, 0.2) is 11.6 Å². The summed E-state index contributed by atoms with van der Waals surface area (Å²) in [5, 5.41) is 0. The van der Waals surface area contributed by atoms with Gasteiger partial charge in [-0.2, -0.15) is 0 Å². The highest BCUT2D eigenvalue weighted by Gasteiger charge is 2.19. The molecule has 26 heavy (non-hydrogen) atoms. The van der Waals surface area contributed by atoms with Crippen LogP contribution in [0.1, 0.15) is 16.6 Å². The van der Waals surface area contributed by atoms with Crippen molar-refractivity contribution in [2.24, 2.45) is 0 Å². The average molecular weight is 390 g/mol. The molecule has 3 rings (SSSR count). The Bertz CT molecular complexity index is 933. The van der Waals surface area contributed by atoms with Gasteiger partial charge in [-0.3, -0.25) is 0 Å². The van der Waals surface area contributed by atoms with Crippen LogP contribution >= 0.6 is 23.1 Å². The molecule has 0 amide bonds. The van der Waals surface area contributed by atoms with Crippen molar-refractivity contribution >= 4 is 29.1 Å². The smallest absolute Gasteiger partial charge is 0.348 e. The van der Waals surface area contributed by atoms with E-state index in [0.29, 0.717) is 15.3 Å². The van der Waals surface area contributed by atoms with Crippen LogP contribution in [0.5, 0.6) is 0 Å². The minimum Gasteiger partial charge on any atom is -0.462 e. The van der Waals surface area contributed by atoms with Crippen molar-refractivity contribution < 1.29 is 18.3 Å². The van der Waals surface area contributed by atoms with Crippen LogP contribution in [0.2, 0.25) is 0 Å². The fraction of sp³-hybridized carbons (Fsp3) is 0.150. The fourth-order valence-corrected chi connectivity index (χ4v) is 4.01. The first-order chi connectivity index (χ1) is 12.5. The van der Waals surface area contributed by atoms with E-state index in [9.17, 15) is 13.6 Å². The van der Waals surface area contributed by atoms with Crippen molar-refractivity contribution in [3.63, 3.8) is 0 Å². The Morgan fingerprint density at radius 3 is 2.35 bits per heavy atom. The predicted octanol–water partition coefficient (Wildman–Crippen LogP) is 6.26. The minimum absolute atomic E-state index is 0.273. The molecule has 1 heterocycles. The Morgan fingerprint density at radius 2 is 1.73 bits per heavy atom. The van der Waals surface area contributed by atoms with Crippen molar-refractivity contribution in [1.29, 1.82) is 0 Å². The van der Waals surface area contributed by atoms with Gasteiger partial charge in [0.05, 0.1) is 6.61 Å². The van der Waals surface area contributed by atoms with Gasteiger partial charge in [-0.05, 0) is 54.6 Å². The SMILES string of the molecule is CCOC(=O)c1cc(-c2ccc(SC)cc2)c(-c2ccc(F)c(F)c2)s1. The predicted molar refractivity (Wildman–Crippen MR) is 103 cm³/mol. The molecule has 0 saturated heterocycles. The number of thioether (sulfide) groups is 1. The Balaban J connectivity index is 2.13. The third-order valence-electron chi connectivity index (χ3n) is 3.79. The number of esters is 1. The molecule has 0 aliphatic carbocycles. The van der Waals surface area contributed by atoms with Crippen LogP contribution in [0.3, 0.4) is 0 Å². The van der Waals surface area contributed by atoms with E-state index in [1.54, 1.807) is 24.8 Å². The summed E-state index contributed by atoms with van der Waals surface area (Å²) >= 11 is 2.84. The van der Waals surface area contributed by atoms with Crippen LogP contribution in [-0.4, -0.2) is 18.8 Å². The van der Waals surface area contributed by atoms with Gasteiger partial charge < -0.3 is 4.74 Å². The fourth-order valence-electron chi connectivity index (χ4n) is 2.53. The van der Waals surface area contributed by atoms with Crippen LogP contribution < -0.4 is 0 Å². The molecule has 0 saturated carbocycles. The first-order valence-corrected chi connectivity index (χ1v) is 9.98. The number of rotatable bonds is 5. The summed E-state index contributed by atoms with van der Waals surface area (Å²) in [7, 11) is 0. The number of carbonyl (C=O) groups is 1. The van der Waals surface area contributed by atoms with Crippen molar-refractivity contribution in [1.82, 2.24) is 0 Å². The molecule has 6 heteroatoms. The molecule has 1 aromatic heterocycles. The monoisotopic (exact) mass is 390 g/mol. The lowest BCUT2D eigenvalue weighted by Gasteiger charge is -2.06. The van der Waals surface area contributed by atoms with E-state index >= 15 is 0 Å². The van der Waals surface area contributed by atoms with Gasteiger partial charge >= 0.3 is 5.97 Å². The molecule has 0 fully saturated rings. The Kier molecular flexibility index (Phi) is 5.74. The van der Waals surface area contributed by atoms with E-state index in [0.717, 1.165) is 28.2 Å². The normalized spacial score (nSPS) is 10.8. The van der Waals surface area contributed by atoms with Gasteiger partial charge in [-0.1, -0.05) is 18.2 Å². The van der Waals surface area contributed by atoms with Crippen LogP contribution in [0.4, 0.5) is 8.78 Å². The number of halogens is 2. The number of thiophene rings is 1. The number of carbonyl (C=O) groups excluding carboxylic acids is 1. The van der Waals surface area contributed by atoms with Crippen molar-refractivity contribution in [2.75, 3.05) is 12.9 Å². The highest BCUT2D eigenvalue weighted by Crippen LogP contribution is 2.40. The lowest BCUT2D eigenvalue weighted by atomic mass is 10.0. The molecule has 0 N–H and O–H groups in total. The third kappa shape index (κ3) is 3.81. The minimum atomic E-state index is -0.919. The summed E-state index contributed by atoms with van der Waals surface area (Å²) in [5.74, 6) is -2.24. The number of ether oxygens (including phenoxy) is 1. The van der Waals surface area contributed by atoms with E-state index in [1.165, 1.54) is 17.4 Å². The van der Waals surface area contributed by atoms with Gasteiger partial charge in [0, 0.05) is 15.3 Å². The number of hydrogen-bond acceptors (Lipinski definition) is 4. The van der Waals surface area contributed by atoms with Crippen molar-refractivity contribution in [2.45, 2.75) is 11.8 Å². The molecular formula is C20H16F2O2S2. The lowest BCUT2D eigenvalue weighted by Crippen LogP contribution is -2.01. The maximum atomic E-state index is 13.7. The van der Waals surface area contributed by atoms with Crippen LogP contribution in [0.25, 0.3) is 21.6 Å². The van der Waals surface area contributed by atoms with E-state index in [1.807, 2.05) is 30.5 Å². The second kappa shape index (κ2) is 8.01. The van der Waals surface area contributed by atoms with Gasteiger partial charge in [0.2, 0.25) is 0 Å². The quantitative estimate of drug-likeness (QED) is 0.380. The molecule has 3 aromatic rings. The summed E-state index contributed by atoms with van der Waals surface area (Å²) in [6, 6.07) is 13.4. The first kappa shape index (κ1) is 18.6. The highest BCUT2D eigenvalue weighted by atomic mass is 32.2. The summed E-state index contributed by atoms with van der Waals surface area (Å²) in [6.07, 6.45) is 1.99. The van der Waals surface area contributed by atoms with Crippen LogP contribution in [0.15, 0.2) is 53.4 Å². The average Bonchev–Trinajstić information content (AvgIpc) is 3.10. The van der Waals surface area contributed by atoms with Gasteiger partial charge in [-0.15, -0.1) is 23.1 Å². The summed E-state index contributed by atoms with van der Waals surface area (Å²) in [5.41, 5.74) is 2.21.